The molecular formula is C15H20N2O4. The van der Waals surface area contributed by atoms with Crippen LogP contribution in [0.2, 0.25) is 0 Å². The molecule has 0 amide bonds. The summed E-state index contributed by atoms with van der Waals surface area (Å²) in [5.41, 5.74) is 1.63. The fourth-order valence-electron chi connectivity index (χ4n) is 2.78. The van der Waals surface area contributed by atoms with Gasteiger partial charge < -0.3 is 10.1 Å². The van der Waals surface area contributed by atoms with Crippen molar-refractivity contribution in [2.75, 3.05) is 12.4 Å². The first-order valence-corrected chi connectivity index (χ1v) is 7.10. The lowest BCUT2D eigenvalue weighted by Crippen LogP contribution is -2.30. The summed E-state index contributed by atoms with van der Waals surface area (Å²) in [6, 6.07) is 5.21. The van der Waals surface area contributed by atoms with Gasteiger partial charge in [0.05, 0.1) is 18.0 Å². The van der Waals surface area contributed by atoms with E-state index in [4.69, 9.17) is 4.74 Å². The van der Waals surface area contributed by atoms with Crippen molar-refractivity contribution in [2.24, 2.45) is 5.92 Å². The van der Waals surface area contributed by atoms with Gasteiger partial charge in [-0.15, -0.1) is 0 Å². The maximum atomic E-state index is 11.5. The van der Waals surface area contributed by atoms with Gasteiger partial charge in [-0.3, -0.25) is 14.9 Å². The van der Waals surface area contributed by atoms with Crippen LogP contribution in [0.4, 0.5) is 11.4 Å². The Hall–Kier alpha value is -2.11. The Bertz CT molecular complexity index is 536. The Balaban J connectivity index is 2.02. The number of aryl methyl sites for hydroxylation is 1. The van der Waals surface area contributed by atoms with Crippen molar-refractivity contribution in [1.82, 2.24) is 0 Å². The number of hydrogen-bond donors (Lipinski definition) is 1. The highest BCUT2D eigenvalue weighted by atomic mass is 16.6. The number of benzene rings is 1. The van der Waals surface area contributed by atoms with E-state index < -0.39 is 0 Å². The molecule has 1 aromatic carbocycles. The van der Waals surface area contributed by atoms with Crippen LogP contribution in [-0.4, -0.2) is 24.0 Å². The molecular weight excluding hydrogens is 272 g/mol. The minimum atomic E-state index is -0.373. The minimum Gasteiger partial charge on any atom is -0.469 e. The predicted octanol–water partition coefficient (Wildman–Crippen LogP) is 3.05. The Labute approximate surface area is 123 Å². The SMILES string of the molecule is COC(=O)C1CCC(Nc2cc(C)ccc2[N+](=O)[O-])CC1. The molecule has 0 aliphatic heterocycles. The molecule has 1 aromatic rings. The summed E-state index contributed by atoms with van der Waals surface area (Å²) in [7, 11) is 1.41. The van der Waals surface area contributed by atoms with Crippen LogP contribution in [0.25, 0.3) is 0 Å². The fraction of sp³-hybridized carbons (Fsp3) is 0.533. The molecule has 0 bridgehead atoms. The smallest absolute Gasteiger partial charge is 0.308 e. The number of nitro benzene ring substituents is 1. The van der Waals surface area contributed by atoms with Gasteiger partial charge in [-0.25, -0.2) is 0 Å². The summed E-state index contributed by atoms with van der Waals surface area (Å²) in [6.45, 7) is 1.91. The van der Waals surface area contributed by atoms with E-state index in [2.05, 4.69) is 5.32 Å². The highest BCUT2D eigenvalue weighted by molar-refractivity contribution is 5.72. The Morgan fingerprint density at radius 3 is 2.57 bits per heavy atom. The molecule has 0 aromatic heterocycles. The molecule has 0 saturated heterocycles. The third kappa shape index (κ3) is 3.71. The Kier molecular flexibility index (Phi) is 4.77. The van der Waals surface area contributed by atoms with E-state index in [0.29, 0.717) is 5.69 Å². The standard InChI is InChI=1S/C15H20N2O4/c1-10-3-8-14(17(19)20)13(9-10)16-12-6-4-11(5-7-12)15(18)21-2/h3,8-9,11-12,16H,4-7H2,1-2H3. The van der Waals surface area contributed by atoms with Crippen LogP contribution in [0.5, 0.6) is 0 Å². The van der Waals surface area contributed by atoms with Gasteiger partial charge in [0, 0.05) is 12.1 Å². The number of nitrogens with one attached hydrogen (secondary N) is 1. The fourth-order valence-corrected chi connectivity index (χ4v) is 2.78. The largest absolute Gasteiger partial charge is 0.469 e. The number of nitro groups is 1. The second kappa shape index (κ2) is 6.56. The lowest BCUT2D eigenvalue weighted by atomic mass is 9.86. The average Bonchev–Trinajstić information content (AvgIpc) is 2.47. The maximum Gasteiger partial charge on any atom is 0.308 e. The number of methoxy groups -OCH3 is 1. The average molecular weight is 292 g/mol. The van der Waals surface area contributed by atoms with Gasteiger partial charge in [0.25, 0.3) is 5.69 Å². The zero-order valence-corrected chi connectivity index (χ0v) is 12.3. The van der Waals surface area contributed by atoms with E-state index in [0.717, 1.165) is 31.2 Å². The van der Waals surface area contributed by atoms with Crippen molar-refractivity contribution in [3.8, 4) is 0 Å². The molecule has 0 unspecified atom stereocenters. The van der Waals surface area contributed by atoms with Crippen LogP contribution in [0, 0.1) is 23.0 Å². The first kappa shape index (κ1) is 15.3. The van der Waals surface area contributed by atoms with Crippen molar-refractivity contribution in [1.29, 1.82) is 0 Å². The zero-order valence-electron chi connectivity index (χ0n) is 12.3. The van der Waals surface area contributed by atoms with Crippen LogP contribution in [0.15, 0.2) is 18.2 Å². The first-order chi connectivity index (χ1) is 10.0. The van der Waals surface area contributed by atoms with Gasteiger partial charge in [-0.1, -0.05) is 6.07 Å². The van der Waals surface area contributed by atoms with Gasteiger partial charge in [-0.2, -0.15) is 0 Å². The van der Waals surface area contributed by atoms with E-state index in [1.54, 1.807) is 12.1 Å². The molecule has 6 nitrogen and oxygen atoms in total. The monoisotopic (exact) mass is 292 g/mol. The summed E-state index contributed by atoms with van der Waals surface area (Å²) >= 11 is 0. The first-order valence-electron chi connectivity index (χ1n) is 7.10. The van der Waals surface area contributed by atoms with Crippen LogP contribution < -0.4 is 5.32 Å². The highest BCUT2D eigenvalue weighted by Gasteiger charge is 2.27. The summed E-state index contributed by atoms with van der Waals surface area (Å²) in [4.78, 5) is 22.2. The Morgan fingerprint density at radius 2 is 2.00 bits per heavy atom. The van der Waals surface area contributed by atoms with E-state index in [9.17, 15) is 14.9 Å². The van der Waals surface area contributed by atoms with E-state index in [1.165, 1.54) is 13.2 Å². The predicted molar refractivity (Wildman–Crippen MR) is 79.2 cm³/mol. The quantitative estimate of drug-likeness (QED) is 0.524. The van der Waals surface area contributed by atoms with Crippen molar-refractivity contribution >= 4 is 17.3 Å². The molecule has 2 rings (SSSR count). The molecule has 6 heteroatoms. The molecule has 1 aliphatic rings. The summed E-state index contributed by atoms with van der Waals surface area (Å²) in [5, 5.41) is 14.3. The molecule has 1 N–H and O–H groups in total. The second-order valence-corrected chi connectivity index (χ2v) is 5.49. The van der Waals surface area contributed by atoms with Gasteiger partial charge >= 0.3 is 5.97 Å². The van der Waals surface area contributed by atoms with Crippen LogP contribution in [0.3, 0.4) is 0 Å². The summed E-state index contributed by atoms with van der Waals surface area (Å²) in [5.74, 6) is -0.199. The van der Waals surface area contributed by atoms with Crippen LogP contribution in [0.1, 0.15) is 31.2 Å². The van der Waals surface area contributed by atoms with Crippen LogP contribution >= 0.6 is 0 Å². The molecule has 114 valence electrons. The Morgan fingerprint density at radius 1 is 1.33 bits per heavy atom. The number of anilines is 1. The van der Waals surface area contributed by atoms with Gasteiger partial charge in [0.1, 0.15) is 5.69 Å². The normalized spacial score (nSPS) is 21.6. The van der Waals surface area contributed by atoms with Crippen molar-refractivity contribution in [3.63, 3.8) is 0 Å². The molecule has 21 heavy (non-hydrogen) atoms. The molecule has 0 radical (unpaired) electrons. The number of nitrogens with zero attached hydrogens (tertiary/aromatic N) is 1. The number of hydrogen-bond acceptors (Lipinski definition) is 5. The number of ether oxygens (including phenoxy) is 1. The summed E-state index contributed by atoms with van der Waals surface area (Å²) in [6.07, 6.45) is 3.13. The topological polar surface area (TPSA) is 81.5 Å². The van der Waals surface area contributed by atoms with Crippen molar-refractivity contribution in [2.45, 2.75) is 38.6 Å². The zero-order chi connectivity index (χ0) is 15.4. The molecule has 0 atom stereocenters. The molecule has 0 heterocycles. The van der Waals surface area contributed by atoms with Crippen molar-refractivity contribution < 1.29 is 14.5 Å². The number of carbonyl (C=O) groups excluding carboxylic acids is 1. The van der Waals surface area contributed by atoms with Crippen LogP contribution in [-0.2, 0) is 9.53 Å². The minimum absolute atomic E-state index is 0.0412. The molecule has 1 fully saturated rings. The van der Waals surface area contributed by atoms with E-state index in [1.807, 2.05) is 6.92 Å². The van der Waals surface area contributed by atoms with Gasteiger partial charge in [-0.05, 0) is 44.2 Å². The van der Waals surface area contributed by atoms with E-state index in [-0.39, 0.29) is 28.5 Å². The number of rotatable bonds is 4. The molecule has 1 aliphatic carbocycles. The molecule has 1 saturated carbocycles. The molecule has 0 spiro atoms. The number of esters is 1. The van der Waals surface area contributed by atoms with Gasteiger partial charge in [0.2, 0.25) is 0 Å². The number of carbonyl (C=O) groups is 1. The highest BCUT2D eigenvalue weighted by Crippen LogP contribution is 2.31. The van der Waals surface area contributed by atoms with E-state index >= 15 is 0 Å². The second-order valence-electron chi connectivity index (χ2n) is 5.49. The third-order valence-electron chi connectivity index (χ3n) is 3.97. The maximum absolute atomic E-state index is 11.5. The summed E-state index contributed by atoms with van der Waals surface area (Å²) < 4.78 is 4.76. The third-order valence-corrected chi connectivity index (χ3v) is 3.97. The lowest BCUT2D eigenvalue weighted by Gasteiger charge is -2.28. The van der Waals surface area contributed by atoms with Gasteiger partial charge in [0.15, 0.2) is 0 Å². The lowest BCUT2D eigenvalue weighted by molar-refractivity contribution is -0.384. The van der Waals surface area contributed by atoms with Crippen molar-refractivity contribution in [3.05, 3.63) is 33.9 Å².